The van der Waals surface area contributed by atoms with Gasteiger partial charge >= 0.3 is 0 Å². The van der Waals surface area contributed by atoms with Crippen LogP contribution in [-0.2, 0) is 0 Å². The third kappa shape index (κ3) is 7.12. The Morgan fingerprint density at radius 3 is 1.53 bits per heavy atom. The lowest BCUT2D eigenvalue weighted by molar-refractivity contribution is 0.298. The third-order valence-electron chi connectivity index (χ3n) is 3.34. The van der Waals surface area contributed by atoms with Gasteiger partial charge in [-0.05, 0) is 33.1 Å². The molecule has 19 heavy (non-hydrogen) atoms. The Balaban J connectivity index is 4.19. The maximum Gasteiger partial charge on any atom is 0.0706 e. The molecule has 0 aliphatic rings. The molecule has 0 radical (unpaired) electrons. The lowest BCUT2D eigenvalue weighted by Crippen LogP contribution is -2.46. The topological polar surface area (TPSA) is 89.2 Å². The first kappa shape index (κ1) is 17.9. The zero-order valence-electron chi connectivity index (χ0n) is 12.9. The van der Waals surface area contributed by atoms with E-state index in [0.29, 0.717) is 11.4 Å². The zero-order chi connectivity index (χ0) is 15.1. The number of rotatable bonds is 8. The Hall–Kier alpha value is -1.14. The average molecular weight is 272 g/mol. The second kappa shape index (κ2) is 8.12. The average Bonchev–Trinajstić information content (AvgIpc) is 2.40. The van der Waals surface area contributed by atoms with Crippen LogP contribution in [0.4, 0.5) is 0 Å². The molecule has 6 nitrogen and oxygen atoms in total. The van der Waals surface area contributed by atoms with Gasteiger partial charge in [0.25, 0.3) is 0 Å². The molecule has 0 heterocycles. The van der Waals surface area contributed by atoms with Gasteiger partial charge in [-0.2, -0.15) is 0 Å². The standard InChI is InChI=1S/C13H28N4O2/c1-9(11(3)16-18)14-7-13(5,6)8-15-10(2)12(4)17-19/h9-10,14-15,18-19H,7-8H2,1-6H3/b16-11+,17-12+/t9-,10?/m1/s1. The normalized spacial score (nSPS) is 17.4. The van der Waals surface area contributed by atoms with Crippen LogP contribution in [0.5, 0.6) is 0 Å². The maximum absolute atomic E-state index is 8.70. The van der Waals surface area contributed by atoms with E-state index in [-0.39, 0.29) is 17.5 Å². The quantitative estimate of drug-likeness (QED) is 0.307. The molecule has 0 bridgehead atoms. The molecule has 0 saturated heterocycles. The van der Waals surface area contributed by atoms with Crippen LogP contribution in [-0.4, -0.2) is 47.0 Å². The van der Waals surface area contributed by atoms with E-state index < -0.39 is 0 Å². The summed E-state index contributed by atoms with van der Waals surface area (Å²) < 4.78 is 0. The van der Waals surface area contributed by atoms with E-state index in [1.807, 2.05) is 13.8 Å². The van der Waals surface area contributed by atoms with E-state index in [1.165, 1.54) is 0 Å². The largest absolute Gasteiger partial charge is 0.411 e. The lowest BCUT2D eigenvalue weighted by atomic mass is 9.92. The summed E-state index contributed by atoms with van der Waals surface area (Å²) in [4.78, 5) is 0. The molecule has 0 aromatic heterocycles. The fraction of sp³-hybridized carbons (Fsp3) is 0.846. The smallest absolute Gasteiger partial charge is 0.0706 e. The molecule has 4 N–H and O–H groups in total. The van der Waals surface area contributed by atoms with Gasteiger partial charge in [-0.15, -0.1) is 0 Å². The van der Waals surface area contributed by atoms with Crippen LogP contribution in [0.3, 0.4) is 0 Å². The van der Waals surface area contributed by atoms with Crippen LogP contribution in [0.2, 0.25) is 0 Å². The van der Waals surface area contributed by atoms with Gasteiger partial charge in [0.2, 0.25) is 0 Å². The molecule has 0 aliphatic carbocycles. The molecule has 0 aromatic rings. The van der Waals surface area contributed by atoms with Gasteiger partial charge in [0.15, 0.2) is 0 Å². The van der Waals surface area contributed by atoms with Crippen molar-refractivity contribution in [2.45, 2.75) is 53.6 Å². The molecule has 0 saturated carbocycles. The zero-order valence-corrected chi connectivity index (χ0v) is 12.9. The number of hydrogen-bond donors (Lipinski definition) is 4. The molecular formula is C13H28N4O2. The number of nitrogens with one attached hydrogen (secondary N) is 2. The maximum atomic E-state index is 8.70. The van der Waals surface area contributed by atoms with Crippen molar-refractivity contribution in [2.75, 3.05) is 13.1 Å². The van der Waals surface area contributed by atoms with Crippen molar-refractivity contribution in [2.24, 2.45) is 15.7 Å². The van der Waals surface area contributed by atoms with E-state index in [9.17, 15) is 0 Å². The van der Waals surface area contributed by atoms with Gasteiger partial charge < -0.3 is 21.0 Å². The highest BCUT2D eigenvalue weighted by molar-refractivity contribution is 5.86. The Kier molecular flexibility index (Phi) is 7.63. The molecule has 0 spiro atoms. The van der Waals surface area contributed by atoms with Gasteiger partial charge in [0, 0.05) is 25.2 Å². The Labute approximate surface area is 116 Å². The molecule has 0 fully saturated rings. The summed E-state index contributed by atoms with van der Waals surface area (Å²) in [5.41, 5.74) is 1.37. The highest BCUT2D eigenvalue weighted by Gasteiger charge is 2.20. The summed E-state index contributed by atoms with van der Waals surface area (Å²) in [5.74, 6) is 0. The number of hydrogen-bond acceptors (Lipinski definition) is 6. The van der Waals surface area contributed by atoms with Gasteiger partial charge in [-0.25, -0.2) is 0 Å². The number of oxime groups is 2. The summed E-state index contributed by atoms with van der Waals surface area (Å²) in [6.07, 6.45) is 0. The van der Waals surface area contributed by atoms with E-state index >= 15 is 0 Å². The van der Waals surface area contributed by atoms with Gasteiger partial charge in [0.1, 0.15) is 0 Å². The van der Waals surface area contributed by atoms with Crippen LogP contribution in [0, 0.1) is 5.41 Å². The molecule has 112 valence electrons. The molecule has 6 heteroatoms. The van der Waals surface area contributed by atoms with Crippen molar-refractivity contribution in [3.63, 3.8) is 0 Å². The fourth-order valence-electron chi connectivity index (χ4n) is 1.39. The summed E-state index contributed by atoms with van der Waals surface area (Å²) in [5, 5.41) is 30.4. The molecule has 0 aliphatic heterocycles. The minimum Gasteiger partial charge on any atom is -0.411 e. The minimum absolute atomic E-state index is 0.0357. The summed E-state index contributed by atoms with van der Waals surface area (Å²) in [6.45, 7) is 13.4. The summed E-state index contributed by atoms with van der Waals surface area (Å²) in [7, 11) is 0. The predicted octanol–water partition coefficient (Wildman–Crippen LogP) is 1.67. The highest BCUT2D eigenvalue weighted by atomic mass is 16.4. The van der Waals surface area contributed by atoms with Crippen molar-refractivity contribution in [3.05, 3.63) is 0 Å². The van der Waals surface area contributed by atoms with Gasteiger partial charge in [0.05, 0.1) is 11.4 Å². The first-order valence-electron chi connectivity index (χ1n) is 6.57. The molecule has 0 rings (SSSR count). The van der Waals surface area contributed by atoms with Crippen molar-refractivity contribution in [1.29, 1.82) is 0 Å². The Morgan fingerprint density at radius 2 is 1.26 bits per heavy atom. The second-order valence-corrected chi connectivity index (χ2v) is 5.85. The molecular weight excluding hydrogens is 244 g/mol. The molecule has 0 amide bonds. The van der Waals surface area contributed by atoms with Crippen molar-refractivity contribution < 1.29 is 10.4 Å². The summed E-state index contributed by atoms with van der Waals surface area (Å²) in [6, 6.07) is 0.0878. The van der Waals surface area contributed by atoms with Gasteiger partial charge in [-0.3, -0.25) is 0 Å². The van der Waals surface area contributed by atoms with Crippen molar-refractivity contribution in [1.82, 2.24) is 10.6 Å². The monoisotopic (exact) mass is 272 g/mol. The van der Waals surface area contributed by atoms with E-state index in [2.05, 4.69) is 34.8 Å². The third-order valence-corrected chi connectivity index (χ3v) is 3.34. The lowest BCUT2D eigenvalue weighted by Gasteiger charge is -2.29. The van der Waals surface area contributed by atoms with Crippen LogP contribution in [0.25, 0.3) is 0 Å². The fourth-order valence-corrected chi connectivity index (χ4v) is 1.39. The van der Waals surface area contributed by atoms with Gasteiger partial charge in [-0.1, -0.05) is 24.2 Å². The van der Waals surface area contributed by atoms with Crippen LogP contribution in [0.1, 0.15) is 41.5 Å². The van der Waals surface area contributed by atoms with Crippen LogP contribution < -0.4 is 10.6 Å². The molecule has 2 atom stereocenters. The van der Waals surface area contributed by atoms with E-state index in [4.69, 9.17) is 10.4 Å². The summed E-state index contributed by atoms with van der Waals surface area (Å²) >= 11 is 0. The van der Waals surface area contributed by atoms with E-state index in [1.54, 1.807) is 13.8 Å². The predicted molar refractivity (Wildman–Crippen MR) is 78.5 cm³/mol. The second-order valence-electron chi connectivity index (χ2n) is 5.85. The first-order chi connectivity index (χ1) is 8.73. The minimum atomic E-state index is 0.0357. The van der Waals surface area contributed by atoms with E-state index in [0.717, 1.165) is 13.1 Å². The Morgan fingerprint density at radius 1 is 0.947 bits per heavy atom. The Bertz CT molecular complexity index is 297. The molecule has 0 aromatic carbocycles. The first-order valence-corrected chi connectivity index (χ1v) is 6.57. The van der Waals surface area contributed by atoms with Crippen LogP contribution in [0.15, 0.2) is 10.3 Å². The SMILES string of the molecule is C/C(=N\O)C(C)NCC(C)(C)CN[C@H](C)/C(C)=N/O. The molecule has 1 unspecified atom stereocenters. The number of nitrogens with zero attached hydrogens (tertiary/aromatic N) is 2. The highest BCUT2D eigenvalue weighted by Crippen LogP contribution is 2.12. The van der Waals surface area contributed by atoms with Crippen LogP contribution >= 0.6 is 0 Å². The van der Waals surface area contributed by atoms with Crippen molar-refractivity contribution >= 4 is 11.4 Å². The van der Waals surface area contributed by atoms with Crippen molar-refractivity contribution in [3.8, 4) is 0 Å².